The van der Waals surface area contributed by atoms with Gasteiger partial charge in [-0.15, -0.1) is 0 Å². The summed E-state index contributed by atoms with van der Waals surface area (Å²) >= 11 is 0. The Balaban J connectivity index is 2.09. The van der Waals surface area contributed by atoms with Gasteiger partial charge in [-0.2, -0.15) is 0 Å². The highest BCUT2D eigenvalue weighted by molar-refractivity contribution is 7.90. The molecule has 1 saturated heterocycles. The van der Waals surface area contributed by atoms with E-state index in [4.69, 9.17) is 0 Å². The Hall–Kier alpha value is -0.620. The van der Waals surface area contributed by atoms with Crippen molar-refractivity contribution < 1.29 is 13.2 Å². The van der Waals surface area contributed by atoms with Crippen molar-refractivity contribution in [2.24, 2.45) is 0 Å². The Morgan fingerprint density at radius 3 is 2.53 bits per heavy atom. The lowest BCUT2D eigenvalue weighted by Crippen LogP contribution is -2.52. The molecule has 0 radical (unpaired) electrons. The molecule has 0 aromatic rings. The lowest BCUT2D eigenvalue weighted by atomic mass is 9.90. The van der Waals surface area contributed by atoms with Crippen LogP contribution < -0.4 is 10.0 Å². The third kappa shape index (κ3) is 3.28. The van der Waals surface area contributed by atoms with Crippen molar-refractivity contribution in [2.45, 2.75) is 69.1 Å². The van der Waals surface area contributed by atoms with Crippen LogP contribution in [0.5, 0.6) is 0 Å². The standard InChI is InChI=1S/C13H24N2O3S/c1-13(8-4-2-5-9-13)19(17,18)15-11-7-3-6-10-14-12(11)16/h11,15H,2-10H2,1H3,(H,14,16)/t11-/m0/s1. The fourth-order valence-corrected chi connectivity index (χ4v) is 4.66. The van der Waals surface area contributed by atoms with E-state index in [9.17, 15) is 13.2 Å². The zero-order chi connectivity index (χ0) is 13.9. The van der Waals surface area contributed by atoms with Crippen LogP contribution in [0.25, 0.3) is 0 Å². The number of amides is 1. The van der Waals surface area contributed by atoms with Crippen LogP contribution in [0.3, 0.4) is 0 Å². The molecule has 2 N–H and O–H groups in total. The Bertz CT molecular complexity index is 427. The van der Waals surface area contributed by atoms with Gasteiger partial charge < -0.3 is 5.32 Å². The van der Waals surface area contributed by atoms with E-state index in [1.54, 1.807) is 0 Å². The summed E-state index contributed by atoms with van der Waals surface area (Å²) in [5.41, 5.74) is 0. The van der Waals surface area contributed by atoms with E-state index in [-0.39, 0.29) is 5.91 Å². The van der Waals surface area contributed by atoms with Gasteiger partial charge in [-0.05, 0) is 39.0 Å². The minimum absolute atomic E-state index is 0.180. The molecule has 0 unspecified atom stereocenters. The molecule has 1 amide bonds. The predicted molar refractivity (Wildman–Crippen MR) is 74.2 cm³/mol. The van der Waals surface area contributed by atoms with E-state index in [2.05, 4.69) is 10.0 Å². The van der Waals surface area contributed by atoms with Crippen molar-refractivity contribution in [1.82, 2.24) is 10.0 Å². The molecule has 0 aromatic carbocycles. The van der Waals surface area contributed by atoms with Crippen LogP contribution in [0.1, 0.15) is 58.3 Å². The van der Waals surface area contributed by atoms with Crippen LogP contribution in [-0.2, 0) is 14.8 Å². The van der Waals surface area contributed by atoms with Gasteiger partial charge >= 0.3 is 0 Å². The minimum Gasteiger partial charge on any atom is -0.355 e. The molecule has 0 spiro atoms. The van der Waals surface area contributed by atoms with E-state index in [1.807, 2.05) is 6.92 Å². The average Bonchev–Trinajstić information content (AvgIpc) is 2.55. The number of carbonyl (C=O) groups excluding carboxylic acids is 1. The summed E-state index contributed by atoms with van der Waals surface area (Å²) in [5.74, 6) is -0.180. The fraction of sp³-hybridized carbons (Fsp3) is 0.923. The number of rotatable bonds is 3. The van der Waals surface area contributed by atoms with Crippen LogP contribution in [0.4, 0.5) is 0 Å². The number of hydrogen-bond donors (Lipinski definition) is 2. The summed E-state index contributed by atoms with van der Waals surface area (Å²) in [6, 6.07) is -0.591. The first-order valence-electron chi connectivity index (χ1n) is 7.24. The lowest BCUT2D eigenvalue weighted by molar-refractivity contribution is -0.122. The molecular weight excluding hydrogens is 264 g/mol. The van der Waals surface area contributed by atoms with E-state index >= 15 is 0 Å². The molecule has 2 rings (SSSR count). The van der Waals surface area contributed by atoms with Gasteiger partial charge in [-0.3, -0.25) is 4.79 Å². The van der Waals surface area contributed by atoms with Gasteiger partial charge in [0.1, 0.15) is 6.04 Å². The fourth-order valence-electron chi connectivity index (χ4n) is 2.95. The Labute approximate surface area is 115 Å². The van der Waals surface area contributed by atoms with Gasteiger partial charge in [-0.25, -0.2) is 13.1 Å². The molecule has 6 heteroatoms. The molecule has 1 saturated carbocycles. The van der Waals surface area contributed by atoms with E-state index < -0.39 is 20.8 Å². The van der Waals surface area contributed by atoms with Gasteiger partial charge in [0.15, 0.2) is 0 Å². The topological polar surface area (TPSA) is 75.3 Å². The molecule has 0 bridgehead atoms. The average molecular weight is 288 g/mol. The molecule has 0 aromatic heterocycles. The maximum Gasteiger partial charge on any atom is 0.238 e. The van der Waals surface area contributed by atoms with Crippen LogP contribution in [0.15, 0.2) is 0 Å². The van der Waals surface area contributed by atoms with Crippen LogP contribution in [0, 0.1) is 0 Å². The van der Waals surface area contributed by atoms with Crippen molar-refractivity contribution in [3.63, 3.8) is 0 Å². The molecule has 1 atom stereocenters. The quantitative estimate of drug-likeness (QED) is 0.822. The predicted octanol–water partition coefficient (Wildman–Crippen LogP) is 1.30. The van der Waals surface area contributed by atoms with E-state index in [0.717, 1.165) is 32.1 Å². The summed E-state index contributed by atoms with van der Waals surface area (Å²) in [4.78, 5) is 11.8. The largest absolute Gasteiger partial charge is 0.355 e. The zero-order valence-corrected chi connectivity index (χ0v) is 12.4. The van der Waals surface area contributed by atoms with Gasteiger partial charge in [0, 0.05) is 6.54 Å². The molecule has 110 valence electrons. The van der Waals surface area contributed by atoms with Crippen molar-refractivity contribution in [3.05, 3.63) is 0 Å². The molecule has 19 heavy (non-hydrogen) atoms. The van der Waals surface area contributed by atoms with E-state index in [1.165, 1.54) is 0 Å². The summed E-state index contributed by atoms with van der Waals surface area (Å²) in [5, 5.41) is 2.77. The first-order valence-corrected chi connectivity index (χ1v) is 8.73. The Morgan fingerprint density at radius 1 is 1.16 bits per heavy atom. The smallest absolute Gasteiger partial charge is 0.238 e. The number of hydrogen-bond acceptors (Lipinski definition) is 3. The lowest BCUT2D eigenvalue weighted by Gasteiger charge is -2.34. The maximum absolute atomic E-state index is 12.5. The van der Waals surface area contributed by atoms with Gasteiger partial charge in [0.25, 0.3) is 0 Å². The van der Waals surface area contributed by atoms with Gasteiger partial charge in [0.05, 0.1) is 4.75 Å². The van der Waals surface area contributed by atoms with Crippen molar-refractivity contribution >= 4 is 15.9 Å². The summed E-state index contributed by atoms with van der Waals surface area (Å²) in [6.45, 7) is 2.46. The SMILES string of the molecule is CC1(S(=O)(=O)N[C@H]2CCCCNC2=O)CCCCC1. The van der Waals surface area contributed by atoms with E-state index in [0.29, 0.717) is 25.8 Å². The minimum atomic E-state index is -3.44. The third-order valence-corrected chi connectivity index (χ3v) is 6.69. The molecule has 1 aliphatic carbocycles. The van der Waals surface area contributed by atoms with Crippen LogP contribution in [0.2, 0.25) is 0 Å². The second-order valence-electron chi connectivity index (χ2n) is 5.97. The highest BCUT2D eigenvalue weighted by Gasteiger charge is 2.42. The Kier molecular flexibility index (Phi) is 4.50. The molecule has 1 aliphatic heterocycles. The number of carbonyl (C=O) groups is 1. The first-order chi connectivity index (χ1) is 8.95. The normalized spacial score (nSPS) is 28.5. The van der Waals surface area contributed by atoms with Crippen molar-refractivity contribution in [2.75, 3.05) is 6.54 Å². The van der Waals surface area contributed by atoms with Gasteiger partial charge in [0.2, 0.25) is 15.9 Å². The first kappa shape index (κ1) is 14.8. The van der Waals surface area contributed by atoms with Crippen LogP contribution in [-0.4, -0.2) is 31.7 Å². The third-order valence-electron chi connectivity index (χ3n) is 4.39. The molecule has 1 heterocycles. The summed E-state index contributed by atoms with van der Waals surface area (Å²) < 4.78 is 27.0. The zero-order valence-electron chi connectivity index (χ0n) is 11.6. The number of sulfonamides is 1. The Morgan fingerprint density at radius 2 is 1.84 bits per heavy atom. The highest BCUT2D eigenvalue weighted by atomic mass is 32.2. The highest BCUT2D eigenvalue weighted by Crippen LogP contribution is 2.34. The summed E-state index contributed by atoms with van der Waals surface area (Å²) in [6.07, 6.45) is 6.79. The van der Waals surface area contributed by atoms with Gasteiger partial charge in [-0.1, -0.05) is 19.3 Å². The maximum atomic E-state index is 12.5. The number of nitrogens with one attached hydrogen (secondary N) is 2. The monoisotopic (exact) mass is 288 g/mol. The van der Waals surface area contributed by atoms with Crippen molar-refractivity contribution in [3.8, 4) is 0 Å². The second-order valence-corrected chi connectivity index (χ2v) is 8.20. The molecule has 2 aliphatic rings. The molecule has 5 nitrogen and oxygen atoms in total. The molecular formula is C13H24N2O3S. The summed E-state index contributed by atoms with van der Waals surface area (Å²) in [7, 11) is -3.44. The second kappa shape index (κ2) is 5.79. The van der Waals surface area contributed by atoms with Crippen LogP contribution >= 0.6 is 0 Å². The molecule has 2 fully saturated rings. The van der Waals surface area contributed by atoms with Crippen molar-refractivity contribution in [1.29, 1.82) is 0 Å².